The van der Waals surface area contributed by atoms with E-state index in [4.69, 9.17) is 4.74 Å². The lowest BCUT2D eigenvalue weighted by atomic mass is 10.1. The molecule has 6 nitrogen and oxygen atoms in total. The normalized spacial score (nSPS) is 11.0. The Hall–Kier alpha value is -3.10. The van der Waals surface area contributed by atoms with Crippen LogP contribution in [0.3, 0.4) is 0 Å². The second-order valence-electron chi connectivity index (χ2n) is 7.45. The van der Waals surface area contributed by atoms with Gasteiger partial charge in [0.15, 0.2) is 11.6 Å². The molecule has 164 valence electrons. The third-order valence-electron chi connectivity index (χ3n) is 4.92. The predicted molar refractivity (Wildman–Crippen MR) is 130 cm³/mol. The van der Waals surface area contributed by atoms with Gasteiger partial charge in [-0.2, -0.15) is 0 Å². The van der Waals surface area contributed by atoms with Crippen molar-refractivity contribution in [3.8, 4) is 5.75 Å². The van der Waals surface area contributed by atoms with Crippen molar-refractivity contribution in [3.05, 3.63) is 86.8 Å². The molecule has 8 heteroatoms. The van der Waals surface area contributed by atoms with Gasteiger partial charge in [0.25, 0.3) is 11.5 Å². The number of anilines is 1. The summed E-state index contributed by atoms with van der Waals surface area (Å²) >= 11 is 3.01. The van der Waals surface area contributed by atoms with Crippen LogP contribution in [0.15, 0.2) is 64.4 Å². The zero-order valence-electron chi connectivity index (χ0n) is 18.0. The van der Waals surface area contributed by atoms with E-state index in [1.54, 1.807) is 16.7 Å². The first-order valence-corrected chi connectivity index (χ1v) is 11.9. The quantitative estimate of drug-likeness (QED) is 0.389. The summed E-state index contributed by atoms with van der Waals surface area (Å²) in [5.74, 6) is 0.958. The van der Waals surface area contributed by atoms with Crippen molar-refractivity contribution in [2.45, 2.75) is 31.4 Å². The number of amides is 1. The van der Waals surface area contributed by atoms with Crippen molar-refractivity contribution in [2.24, 2.45) is 0 Å². The minimum absolute atomic E-state index is 0.0752. The van der Waals surface area contributed by atoms with Crippen LogP contribution >= 0.6 is 23.1 Å². The van der Waals surface area contributed by atoms with Gasteiger partial charge in [-0.15, -0.1) is 23.1 Å². The standard InChI is InChI=1S/C24H23N3O3S2/c1-15-8-9-19(10-16(15)2)30-13-22(28)26-20-6-4-5-7-21(20)31-14-18-11-23(29)27-12-17(3)32-24(27)25-18/h4-12H,13-14H2,1-3H3,(H,26,28). The fourth-order valence-corrected chi connectivity index (χ4v) is 4.87. The molecule has 0 saturated heterocycles. The van der Waals surface area contributed by atoms with E-state index in [-0.39, 0.29) is 18.1 Å². The van der Waals surface area contributed by atoms with Crippen molar-refractivity contribution in [1.82, 2.24) is 9.38 Å². The first kappa shape index (κ1) is 22.1. The molecule has 0 aliphatic heterocycles. The minimum atomic E-state index is -0.233. The van der Waals surface area contributed by atoms with Crippen molar-refractivity contribution in [3.63, 3.8) is 0 Å². The van der Waals surface area contributed by atoms with Gasteiger partial charge in [0.1, 0.15) is 5.75 Å². The average molecular weight is 466 g/mol. The highest BCUT2D eigenvalue weighted by atomic mass is 32.2. The number of thioether (sulfide) groups is 1. The van der Waals surface area contributed by atoms with Crippen molar-refractivity contribution >= 4 is 39.7 Å². The molecule has 1 N–H and O–H groups in total. The molecule has 0 aliphatic rings. The number of para-hydroxylation sites is 1. The van der Waals surface area contributed by atoms with E-state index in [2.05, 4.69) is 10.3 Å². The molecule has 0 unspecified atom stereocenters. The highest BCUT2D eigenvalue weighted by molar-refractivity contribution is 7.98. The Balaban J connectivity index is 1.40. The molecule has 1 amide bonds. The molecule has 0 fully saturated rings. The Morgan fingerprint density at radius 2 is 1.94 bits per heavy atom. The van der Waals surface area contributed by atoms with Crippen LogP contribution in [0.25, 0.3) is 4.96 Å². The summed E-state index contributed by atoms with van der Waals surface area (Å²) in [6.07, 6.45) is 1.80. The lowest BCUT2D eigenvalue weighted by Gasteiger charge is -2.12. The van der Waals surface area contributed by atoms with E-state index in [9.17, 15) is 9.59 Å². The number of carbonyl (C=O) groups excluding carboxylic acids is 1. The van der Waals surface area contributed by atoms with Crippen molar-refractivity contribution in [1.29, 1.82) is 0 Å². The van der Waals surface area contributed by atoms with Gasteiger partial charge in [0.2, 0.25) is 0 Å². The number of carbonyl (C=O) groups is 1. The van der Waals surface area contributed by atoms with Crippen LogP contribution < -0.4 is 15.6 Å². The van der Waals surface area contributed by atoms with Crippen LogP contribution in [0.5, 0.6) is 5.75 Å². The van der Waals surface area contributed by atoms with Crippen LogP contribution in [-0.2, 0) is 10.5 Å². The molecule has 0 aliphatic carbocycles. The number of nitrogens with zero attached hydrogens (tertiary/aromatic N) is 2. The molecule has 4 rings (SSSR count). The molecule has 4 aromatic rings. The lowest BCUT2D eigenvalue weighted by Crippen LogP contribution is -2.20. The Morgan fingerprint density at radius 1 is 1.12 bits per heavy atom. The third kappa shape index (κ3) is 5.20. The largest absolute Gasteiger partial charge is 0.484 e. The fraction of sp³-hybridized carbons (Fsp3) is 0.208. The summed E-state index contributed by atoms with van der Waals surface area (Å²) in [5.41, 5.74) is 3.63. The van der Waals surface area contributed by atoms with E-state index in [0.717, 1.165) is 15.3 Å². The van der Waals surface area contributed by atoms with Gasteiger partial charge in [-0.1, -0.05) is 18.2 Å². The number of fused-ring (bicyclic) bond motifs is 1. The van der Waals surface area contributed by atoms with Gasteiger partial charge in [-0.05, 0) is 56.2 Å². The predicted octanol–water partition coefficient (Wildman–Crippen LogP) is 4.99. The van der Waals surface area contributed by atoms with Gasteiger partial charge in [0.05, 0.1) is 11.4 Å². The molecule has 2 aromatic heterocycles. The molecule has 0 bridgehead atoms. The first-order chi connectivity index (χ1) is 15.4. The number of hydrogen-bond donors (Lipinski definition) is 1. The maximum absolute atomic E-state index is 12.5. The first-order valence-electron chi connectivity index (χ1n) is 10.1. The van der Waals surface area contributed by atoms with E-state index in [1.165, 1.54) is 28.7 Å². The Bertz CT molecular complexity index is 1340. The monoisotopic (exact) mass is 465 g/mol. The van der Waals surface area contributed by atoms with Crippen molar-refractivity contribution < 1.29 is 9.53 Å². The molecule has 32 heavy (non-hydrogen) atoms. The number of benzene rings is 2. The molecule has 0 atom stereocenters. The highest BCUT2D eigenvalue weighted by Gasteiger charge is 2.11. The van der Waals surface area contributed by atoms with Gasteiger partial charge in [-0.25, -0.2) is 4.98 Å². The van der Waals surface area contributed by atoms with Gasteiger partial charge in [0, 0.05) is 27.8 Å². The number of thiazole rings is 1. The fourth-order valence-electron chi connectivity index (χ4n) is 3.12. The summed E-state index contributed by atoms with van der Waals surface area (Å²) in [4.78, 5) is 32.0. The van der Waals surface area contributed by atoms with Gasteiger partial charge < -0.3 is 10.1 Å². The van der Waals surface area contributed by atoms with Crippen LogP contribution in [0.1, 0.15) is 21.7 Å². The summed E-state index contributed by atoms with van der Waals surface area (Å²) in [6, 6.07) is 14.9. The van der Waals surface area contributed by atoms with Gasteiger partial charge in [-0.3, -0.25) is 14.0 Å². The second kappa shape index (κ2) is 9.58. The maximum Gasteiger partial charge on any atom is 0.262 e. The van der Waals surface area contributed by atoms with Crippen LogP contribution in [0.2, 0.25) is 0 Å². The number of aromatic nitrogens is 2. The Labute approximate surface area is 194 Å². The third-order valence-corrected chi connectivity index (χ3v) is 6.93. The summed E-state index contributed by atoms with van der Waals surface area (Å²) in [5, 5.41) is 2.92. The lowest BCUT2D eigenvalue weighted by molar-refractivity contribution is -0.118. The van der Waals surface area contributed by atoms with Crippen LogP contribution in [0, 0.1) is 20.8 Å². The second-order valence-corrected chi connectivity index (χ2v) is 9.68. The Kier molecular flexibility index (Phi) is 6.62. The smallest absolute Gasteiger partial charge is 0.262 e. The van der Waals surface area contributed by atoms with Crippen LogP contribution in [0.4, 0.5) is 5.69 Å². The maximum atomic E-state index is 12.5. The number of aryl methyl sites for hydroxylation is 3. The summed E-state index contributed by atoms with van der Waals surface area (Å²) in [7, 11) is 0. The van der Waals surface area contributed by atoms with E-state index < -0.39 is 0 Å². The number of rotatable bonds is 7. The zero-order chi connectivity index (χ0) is 22.7. The molecular weight excluding hydrogens is 442 g/mol. The summed E-state index contributed by atoms with van der Waals surface area (Å²) in [6.45, 7) is 5.92. The minimum Gasteiger partial charge on any atom is -0.484 e. The molecule has 0 spiro atoms. The van der Waals surface area contributed by atoms with Crippen molar-refractivity contribution in [2.75, 3.05) is 11.9 Å². The SMILES string of the molecule is Cc1cn2c(=O)cc(CSc3ccccc3NC(=O)COc3ccc(C)c(C)c3)nc2s1. The number of nitrogens with one attached hydrogen (secondary N) is 1. The molecular formula is C24H23N3O3S2. The summed E-state index contributed by atoms with van der Waals surface area (Å²) < 4.78 is 7.20. The zero-order valence-corrected chi connectivity index (χ0v) is 19.7. The molecule has 0 saturated carbocycles. The molecule has 0 radical (unpaired) electrons. The average Bonchev–Trinajstić information content (AvgIpc) is 3.15. The van der Waals surface area contributed by atoms with E-state index in [0.29, 0.717) is 27.8 Å². The van der Waals surface area contributed by atoms with Gasteiger partial charge >= 0.3 is 0 Å². The molecule has 2 aromatic carbocycles. The van der Waals surface area contributed by atoms with Crippen LogP contribution in [-0.4, -0.2) is 21.9 Å². The van der Waals surface area contributed by atoms with E-state index in [1.807, 2.05) is 63.2 Å². The Morgan fingerprint density at radius 3 is 2.75 bits per heavy atom. The van der Waals surface area contributed by atoms with E-state index >= 15 is 0 Å². The number of ether oxygens (including phenoxy) is 1. The molecule has 2 heterocycles. The number of hydrogen-bond acceptors (Lipinski definition) is 6. The highest BCUT2D eigenvalue weighted by Crippen LogP contribution is 2.29. The topological polar surface area (TPSA) is 72.7 Å².